The summed E-state index contributed by atoms with van der Waals surface area (Å²) < 4.78 is 72.1. The van der Waals surface area contributed by atoms with Crippen molar-refractivity contribution in [3.63, 3.8) is 0 Å². The quantitative estimate of drug-likeness (QED) is 0.542. The number of carboxylic acids is 1. The fourth-order valence-corrected chi connectivity index (χ4v) is 1.88. The first kappa shape index (κ1) is 19.9. The molecule has 130 valence electrons. The van der Waals surface area contributed by atoms with E-state index in [1.807, 2.05) is 0 Å². The summed E-state index contributed by atoms with van der Waals surface area (Å²) >= 11 is 2.70. The monoisotopic (exact) mass is 416 g/mol. The lowest BCUT2D eigenvalue weighted by Gasteiger charge is -2.07. The smallest absolute Gasteiger partial charge is 0.419 e. The van der Waals surface area contributed by atoms with Gasteiger partial charge in [-0.25, -0.2) is 14.8 Å². The van der Waals surface area contributed by atoms with Gasteiger partial charge in [0.05, 0.1) is 11.1 Å². The maximum Gasteiger partial charge on any atom is 0.419 e. The van der Waals surface area contributed by atoms with Gasteiger partial charge in [-0.05, 0) is 40.2 Å². The SMILES string of the molecule is FC(F)(F)c1cccnc1Br.O=C(O)c1ncccc1C(F)(F)F. The van der Waals surface area contributed by atoms with Gasteiger partial charge in [0.2, 0.25) is 0 Å². The predicted octanol–water partition coefficient (Wildman–Crippen LogP) is 4.66. The van der Waals surface area contributed by atoms with E-state index in [1.54, 1.807) is 0 Å². The molecule has 0 saturated carbocycles. The Hall–Kier alpha value is -2.17. The van der Waals surface area contributed by atoms with Crippen LogP contribution in [0, 0.1) is 0 Å². The molecule has 0 aromatic carbocycles. The minimum absolute atomic E-state index is 0.174. The van der Waals surface area contributed by atoms with Gasteiger partial charge in [0.25, 0.3) is 0 Å². The highest BCUT2D eigenvalue weighted by molar-refractivity contribution is 9.10. The zero-order chi connectivity index (χ0) is 18.5. The molecule has 11 heteroatoms. The second kappa shape index (κ2) is 7.60. The molecule has 0 aliphatic heterocycles. The minimum atomic E-state index is -4.68. The van der Waals surface area contributed by atoms with Crippen molar-refractivity contribution >= 4 is 21.9 Å². The summed E-state index contributed by atoms with van der Waals surface area (Å²) in [5, 5.41) is 8.37. The zero-order valence-corrected chi connectivity index (χ0v) is 12.9. The van der Waals surface area contributed by atoms with E-state index < -0.39 is 35.1 Å². The number of carboxylic acid groups (broad SMARTS) is 1. The van der Waals surface area contributed by atoms with E-state index in [2.05, 4.69) is 25.9 Å². The molecule has 2 aromatic heterocycles. The zero-order valence-electron chi connectivity index (χ0n) is 11.4. The normalized spacial score (nSPS) is 11.5. The Balaban J connectivity index is 0.000000243. The third kappa shape index (κ3) is 5.48. The Labute approximate surface area is 139 Å². The molecule has 2 aromatic rings. The van der Waals surface area contributed by atoms with Crippen LogP contribution in [0.4, 0.5) is 26.3 Å². The van der Waals surface area contributed by atoms with Crippen LogP contribution in [0.25, 0.3) is 0 Å². The van der Waals surface area contributed by atoms with Crippen LogP contribution in [-0.2, 0) is 12.4 Å². The molecule has 0 fully saturated rings. The molecular weight excluding hydrogens is 410 g/mol. The number of hydrogen-bond acceptors (Lipinski definition) is 3. The van der Waals surface area contributed by atoms with Crippen molar-refractivity contribution in [2.75, 3.05) is 0 Å². The van der Waals surface area contributed by atoms with Gasteiger partial charge >= 0.3 is 18.3 Å². The van der Waals surface area contributed by atoms with Crippen molar-refractivity contribution in [3.05, 3.63) is 58.1 Å². The van der Waals surface area contributed by atoms with Crippen LogP contribution in [0.2, 0.25) is 0 Å². The van der Waals surface area contributed by atoms with Crippen molar-refractivity contribution in [3.8, 4) is 0 Å². The van der Waals surface area contributed by atoms with Crippen molar-refractivity contribution in [2.24, 2.45) is 0 Å². The van der Waals surface area contributed by atoms with E-state index in [0.717, 1.165) is 18.3 Å². The van der Waals surface area contributed by atoms with Crippen molar-refractivity contribution in [2.45, 2.75) is 12.4 Å². The average Bonchev–Trinajstić information content (AvgIpc) is 2.46. The van der Waals surface area contributed by atoms with Gasteiger partial charge in [-0.15, -0.1) is 0 Å². The summed E-state index contributed by atoms with van der Waals surface area (Å²) in [5.41, 5.74) is -2.96. The summed E-state index contributed by atoms with van der Waals surface area (Å²) in [6, 6.07) is 3.93. The summed E-state index contributed by atoms with van der Waals surface area (Å²) in [6.07, 6.45) is -6.72. The molecule has 0 bridgehead atoms. The number of rotatable bonds is 1. The molecule has 4 nitrogen and oxygen atoms in total. The Morgan fingerprint density at radius 3 is 1.71 bits per heavy atom. The summed E-state index contributed by atoms with van der Waals surface area (Å²) in [7, 11) is 0. The molecule has 0 saturated heterocycles. The van der Waals surface area contributed by atoms with E-state index in [0.29, 0.717) is 6.07 Å². The Kier molecular flexibility index (Phi) is 6.29. The van der Waals surface area contributed by atoms with E-state index in [-0.39, 0.29) is 4.60 Å². The largest absolute Gasteiger partial charge is 0.476 e. The summed E-state index contributed by atoms with van der Waals surface area (Å²) in [5.74, 6) is -1.69. The molecule has 2 heterocycles. The summed E-state index contributed by atoms with van der Waals surface area (Å²) in [6.45, 7) is 0. The number of aromatic carboxylic acids is 1. The highest BCUT2D eigenvalue weighted by Gasteiger charge is 2.36. The van der Waals surface area contributed by atoms with E-state index in [1.165, 1.54) is 12.3 Å². The van der Waals surface area contributed by atoms with Crippen molar-refractivity contribution < 1.29 is 36.2 Å². The third-order valence-electron chi connectivity index (χ3n) is 2.38. The van der Waals surface area contributed by atoms with Crippen molar-refractivity contribution in [1.82, 2.24) is 9.97 Å². The minimum Gasteiger partial charge on any atom is -0.476 e. The fraction of sp³-hybridized carbons (Fsp3) is 0.154. The molecule has 1 N–H and O–H groups in total. The molecule has 0 aliphatic rings. The lowest BCUT2D eigenvalue weighted by atomic mass is 10.2. The number of aromatic nitrogens is 2. The average molecular weight is 417 g/mol. The van der Waals surface area contributed by atoms with E-state index in [4.69, 9.17) is 5.11 Å². The topological polar surface area (TPSA) is 63.1 Å². The number of halogens is 7. The van der Waals surface area contributed by atoms with Crippen LogP contribution in [0.15, 0.2) is 41.3 Å². The van der Waals surface area contributed by atoms with Crippen LogP contribution in [0.5, 0.6) is 0 Å². The predicted molar refractivity (Wildman–Crippen MR) is 73.1 cm³/mol. The molecule has 0 aliphatic carbocycles. The number of hydrogen-bond donors (Lipinski definition) is 1. The van der Waals surface area contributed by atoms with Gasteiger partial charge in [0, 0.05) is 12.4 Å². The molecule has 0 amide bonds. The Bertz CT molecular complexity index is 718. The molecule has 0 atom stereocenters. The second-order valence-electron chi connectivity index (χ2n) is 4.04. The van der Waals surface area contributed by atoms with Crippen LogP contribution in [-0.4, -0.2) is 21.0 Å². The molecule has 24 heavy (non-hydrogen) atoms. The van der Waals surface area contributed by atoms with E-state index in [9.17, 15) is 31.1 Å². The lowest BCUT2D eigenvalue weighted by molar-refractivity contribution is -0.139. The Morgan fingerprint density at radius 2 is 1.38 bits per heavy atom. The van der Waals surface area contributed by atoms with Crippen LogP contribution < -0.4 is 0 Å². The van der Waals surface area contributed by atoms with Crippen LogP contribution >= 0.6 is 15.9 Å². The number of alkyl halides is 6. The first-order valence-electron chi connectivity index (χ1n) is 5.87. The van der Waals surface area contributed by atoms with Gasteiger partial charge in [-0.3, -0.25) is 0 Å². The number of nitrogens with zero attached hydrogens (tertiary/aromatic N) is 2. The Morgan fingerprint density at radius 1 is 0.917 bits per heavy atom. The van der Waals surface area contributed by atoms with Gasteiger partial charge in [-0.1, -0.05) is 0 Å². The molecule has 0 spiro atoms. The highest BCUT2D eigenvalue weighted by atomic mass is 79.9. The van der Waals surface area contributed by atoms with Gasteiger partial charge < -0.3 is 5.11 Å². The maximum atomic E-state index is 12.1. The van der Waals surface area contributed by atoms with Crippen molar-refractivity contribution in [1.29, 1.82) is 0 Å². The first-order chi connectivity index (χ1) is 10.9. The lowest BCUT2D eigenvalue weighted by Crippen LogP contribution is -2.14. The first-order valence-corrected chi connectivity index (χ1v) is 6.67. The number of carbonyl (C=O) groups is 1. The standard InChI is InChI=1S/C7H4F3NO2.C6H3BrF3N/c8-7(9,10)4-2-1-3-11-5(4)6(12)13;7-5-4(6(8,9)10)2-1-3-11-5/h1-3H,(H,12,13);1-3H. The second-order valence-corrected chi connectivity index (χ2v) is 4.79. The van der Waals surface area contributed by atoms with Gasteiger partial charge in [0.1, 0.15) is 4.60 Å². The molecule has 0 radical (unpaired) electrons. The molecular formula is C13H7BrF6N2O2. The summed E-state index contributed by atoms with van der Waals surface area (Å²) in [4.78, 5) is 16.9. The van der Waals surface area contributed by atoms with Crippen LogP contribution in [0.1, 0.15) is 21.6 Å². The molecule has 0 unspecified atom stereocenters. The number of pyridine rings is 2. The third-order valence-corrected chi connectivity index (χ3v) is 3.01. The van der Waals surface area contributed by atoms with E-state index >= 15 is 0 Å². The maximum absolute atomic E-state index is 12.1. The molecule has 2 rings (SSSR count). The van der Waals surface area contributed by atoms with Gasteiger partial charge in [0.15, 0.2) is 5.69 Å². The fourth-order valence-electron chi connectivity index (χ4n) is 1.40. The van der Waals surface area contributed by atoms with Crippen LogP contribution in [0.3, 0.4) is 0 Å². The van der Waals surface area contributed by atoms with Gasteiger partial charge in [-0.2, -0.15) is 26.3 Å². The highest BCUT2D eigenvalue weighted by Crippen LogP contribution is 2.33.